The topological polar surface area (TPSA) is 121 Å². The molecule has 38 heavy (non-hydrogen) atoms. The number of aliphatic hydroxyl groups is 1. The van der Waals surface area contributed by atoms with Gasteiger partial charge >= 0.3 is 0 Å². The Morgan fingerprint density at radius 1 is 1.00 bits per heavy atom. The fourth-order valence-electron chi connectivity index (χ4n) is 4.83. The highest BCUT2D eigenvalue weighted by Gasteiger charge is 2.21. The van der Waals surface area contributed by atoms with Gasteiger partial charge in [-0.15, -0.1) is 0 Å². The summed E-state index contributed by atoms with van der Waals surface area (Å²) in [5, 5.41) is 21.7. The fourth-order valence-corrected chi connectivity index (χ4v) is 5.58. The average molecular weight is 534 g/mol. The second-order valence-electron chi connectivity index (χ2n) is 9.73. The van der Waals surface area contributed by atoms with Gasteiger partial charge in [0, 0.05) is 31.2 Å². The number of hydrogen-bond donors (Lipinski definition) is 3. The number of ether oxygens (including phenoxy) is 1. The first-order valence-corrected chi connectivity index (χ1v) is 13.9. The fraction of sp³-hybridized carbons (Fsp3) is 0.407. The van der Waals surface area contributed by atoms with Crippen LogP contribution in [0.25, 0.3) is 22.2 Å². The zero-order chi connectivity index (χ0) is 25.7. The minimum atomic E-state index is -0.187. The predicted octanol–water partition coefficient (Wildman–Crippen LogP) is 4.55. The lowest BCUT2D eigenvalue weighted by atomic mass is 9.93. The van der Waals surface area contributed by atoms with Crippen molar-refractivity contribution in [2.45, 2.75) is 44.4 Å². The van der Waals surface area contributed by atoms with Gasteiger partial charge in [0.15, 0.2) is 5.13 Å². The Morgan fingerprint density at radius 3 is 2.61 bits per heavy atom. The van der Waals surface area contributed by atoms with Crippen LogP contribution in [-0.4, -0.2) is 68.6 Å². The summed E-state index contributed by atoms with van der Waals surface area (Å²) in [6.07, 6.45) is 5.06. The predicted molar refractivity (Wildman–Crippen MR) is 146 cm³/mol. The molecule has 1 aliphatic heterocycles. The van der Waals surface area contributed by atoms with Gasteiger partial charge in [-0.25, -0.2) is 9.97 Å². The first-order chi connectivity index (χ1) is 18.7. The summed E-state index contributed by atoms with van der Waals surface area (Å²) in [4.78, 5) is 17.1. The maximum absolute atomic E-state index is 9.88. The summed E-state index contributed by atoms with van der Waals surface area (Å²) in [6, 6.07) is 14.3. The number of aliphatic hydroxyl groups excluding tert-OH is 1. The molecule has 1 aromatic carbocycles. The molecule has 1 saturated heterocycles. The second kappa shape index (κ2) is 11.6. The smallest absolute Gasteiger partial charge is 0.270 e. The van der Waals surface area contributed by atoms with Crippen LogP contribution in [-0.2, 0) is 11.3 Å². The monoisotopic (exact) mass is 533 g/mol. The molecule has 3 aromatic heterocycles. The van der Waals surface area contributed by atoms with Gasteiger partial charge in [0.1, 0.15) is 16.5 Å². The Morgan fingerprint density at radius 2 is 1.79 bits per heavy atom. The van der Waals surface area contributed by atoms with E-state index in [9.17, 15) is 5.11 Å². The molecule has 0 unspecified atom stereocenters. The molecule has 0 spiro atoms. The lowest BCUT2D eigenvalue weighted by molar-refractivity contribution is 0.0342. The molecule has 11 heteroatoms. The van der Waals surface area contributed by atoms with Crippen LogP contribution in [0.15, 0.2) is 53.2 Å². The van der Waals surface area contributed by atoms with E-state index >= 15 is 0 Å². The standard InChI is InChI=1S/C27H31N7O3S/c35-21-8-6-20(7-9-21)29-23-14-18(17-34-10-12-36-13-11-34)15-24(30-23)31-27-28-16-22(38-27)26-32-25(33-37-26)19-4-2-1-3-5-19/h1-5,14-16,20-21,35H,6-13,17H2,(H2,28,29,30,31). The lowest BCUT2D eigenvalue weighted by Crippen LogP contribution is -2.35. The van der Waals surface area contributed by atoms with Gasteiger partial charge in [-0.05, 0) is 43.4 Å². The summed E-state index contributed by atoms with van der Waals surface area (Å²) in [6.45, 7) is 4.18. The van der Waals surface area contributed by atoms with E-state index in [0.717, 1.165) is 80.6 Å². The van der Waals surface area contributed by atoms with Crippen molar-refractivity contribution < 1.29 is 14.4 Å². The quantitative estimate of drug-likeness (QED) is 0.297. The third-order valence-electron chi connectivity index (χ3n) is 6.85. The minimum Gasteiger partial charge on any atom is -0.393 e. The van der Waals surface area contributed by atoms with E-state index in [-0.39, 0.29) is 6.10 Å². The maximum Gasteiger partial charge on any atom is 0.270 e. The highest BCUT2D eigenvalue weighted by Crippen LogP contribution is 2.31. The van der Waals surface area contributed by atoms with Crippen molar-refractivity contribution in [3.8, 4) is 22.2 Å². The van der Waals surface area contributed by atoms with E-state index in [1.807, 2.05) is 30.3 Å². The number of rotatable bonds is 8. The van der Waals surface area contributed by atoms with Crippen LogP contribution >= 0.6 is 11.3 Å². The normalized spacial score (nSPS) is 20.3. The molecule has 3 N–H and O–H groups in total. The summed E-state index contributed by atoms with van der Waals surface area (Å²) >= 11 is 1.44. The third-order valence-corrected chi connectivity index (χ3v) is 7.75. The highest BCUT2D eigenvalue weighted by molar-refractivity contribution is 7.18. The molecule has 0 bridgehead atoms. The largest absolute Gasteiger partial charge is 0.393 e. The third kappa shape index (κ3) is 6.18. The molecule has 2 fully saturated rings. The van der Waals surface area contributed by atoms with Crippen molar-refractivity contribution in [1.82, 2.24) is 25.0 Å². The average Bonchev–Trinajstić information content (AvgIpc) is 3.61. The number of hydrogen-bond acceptors (Lipinski definition) is 11. The van der Waals surface area contributed by atoms with Crippen LogP contribution in [0.1, 0.15) is 31.2 Å². The zero-order valence-corrected chi connectivity index (χ0v) is 21.9. The summed E-state index contributed by atoms with van der Waals surface area (Å²) < 4.78 is 11.0. The number of thiazole rings is 1. The molecule has 198 valence electrons. The molecule has 10 nitrogen and oxygen atoms in total. The molecule has 1 saturated carbocycles. The maximum atomic E-state index is 9.88. The molecular formula is C27H31N7O3S. The second-order valence-corrected chi connectivity index (χ2v) is 10.8. The van der Waals surface area contributed by atoms with Crippen LogP contribution < -0.4 is 10.6 Å². The first-order valence-electron chi connectivity index (χ1n) is 13.1. The summed E-state index contributed by atoms with van der Waals surface area (Å²) in [5.74, 6) is 2.54. The van der Waals surface area contributed by atoms with E-state index in [1.54, 1.807) is 6.20 Å². The minimum absolute atomic E-state index is 0.187. The van der Waals surface area contributed by atoms with Crippen LogP contribution in [0.4, 0.5) is 16.8 Å². The van der Waals surface area contributed by atoms with Crippen LogP contribution in [0, 0.1) is 0 Å². The van der Waals surface area contributed by atoms with E-state index in [1.165, 1.54) is 16.9 Å². The molecule has 4 aromatic rings. The lowest BCUT2D eigenvalue weighted by Gasteiger charge is -2.28. The number of nitrogens with one attached hydrogen (secondary N) is 2. The molecule has 2 aliphatic rings. The molecule has 1 aliphatic carbocycles. The molecule has 4 heterocycles. The van der Waals surface area contributed by atoms with Gasteiger partial charge in [0.2, 0.25) is 5.82 Å². The van der Waals surface area contributed by atoms with Crippen molar-refractivity contribution >= 4 is 28.1 Å². The van der Waals surface area contributed by atoms with Crippen molar-refractivity contribution in [3.63, 3.8) is 0 Å². The Labute approximate surface area is 225 Å². The number of aromatic nitrogens is 4. The van der Waals surface area contributed by atoms with Gasteiger partial charge in [0.25, 0.3) is 5.89 Å². The first kappa shape index (κ1) is 24.9. The summed E-state index contributed by atoms with van der Waals surface area (Å²) in [7, 11) is 0. The van der Waals surface area contributed by atoms with E-state index in [2.05, 4.69) is 42.8 Å². The molecule has 0 radical (unpaired) electrons. The van der Waals surface area contributed by atoms with Gasteiger partial charge < -0.3 is 25.0 Å². The van der Waals surface area contributed by atoms with Crippen molar-refractivity contribution in [2.75, 3.05) is 36.9 Å². The number of nitrogens with zero attached hydrogens (tertiary/aromatic N) is 5. The van der Waals surface area contributed by atoms with Gasteiger partial charge in [-0.2, -0.15) is 4.98 Å². The number of pyridine rings is 1. The van der Waals surface area contributed by atoms with Crippen molar-refractivity contribution in [2.24, 2.45) is 0 Å². The van der Waals surface area contributed by atoms with E-state index < -0.39 is 0 Å². The molecule has 0 amide bonds. The van der Waals surface area contributed by atoms with E-state index in [0.29, 0.717) is 22.9 Å². The number of morpholine rings is 1. The van der Waals surface area contributed by atoms with Gasteiger partial charge in [-0.3, -0.25) is 4.90 Å². The van der Waals surface area contributed by atoms with Crippen molar-refractivity contribution in [3.05, 3.63) is 54.2 Å². The van der Waals surface area contributed by atoms with E-state index in [4.69, 9.17) is 14.2 Å². The van der Waals surface area contributed by atoms with Crippen LogP contribution in [0.2, 0.25) is 0 Å². The van der Waals surface area contributed by atoms with Crippen LogP contribution in [0.3, 0.4) is 0 Å². The van der Waals surface area contributed by atoms with Crippen molar-refractivity contribution in [1.29, 1.82) is 0 Å². The SMILES string of the molecule is OC1CCC(Nc2cc(CN3CCOCC3)cc(Nc3ncc(-c4nc(-c5ccccc5)no4)s3)n2)CC1. The molecule has 6 rings (SSSR count). The highest BCUT2D eigenvalue weighted by atomic mass is 32.1. The molecular weight excluding hydrogens is 502 g/mol. The van der Waals surface area contributed by atoms with Gasteiger partial charge in [0.05, 0.1) is 25.5 Å². The van der Waals surface area contributed by atoms with Crippen LogP contribution in [0.5, 0.6) is 0 Å². The Hall–Kier alpha value is -3.38. The zero-order valence-electron chi connectivity index (χ0n) is 21.0. The number of anilines is 3. The molecule has 0 atom stereocenters. The Bertz CT molecular complexity index is 1330. The number of benzene rings is 1. The van der Waals surface area contributed by atoms with Gasteiger partial charge in [-0.1, -0.05) is 46.8 Å². The Balaban J connectivity index is 1.19. The summed E-state index contributed by atoms with van der Waals surface area (Å²) in [5.41, 5.74) is 2.07. The Kier molecular flexibility index (Phi) is 7.59.